The van der Waals surface area contributed by atoms with Crippen LogP contribution in [0.4, 0.5) is 0 Å². The molecule has 1 rings (SSSR count). The highest BCUT2D eigenvalue weighted by Crippen LogP contribution is 2.25. The Morgan fingerprint density at radius 1 is 1.32 bits per heavy atom. The molecule has 0 aromatic heterocycles. The lowest BCUT2D eigenvalue weighted by Crippen LogP contribution is -2.02. The van der Waals surface area contributed by atoms with Crippen molar-refractivity contribution in [1.29, 1.82) is 0 Å². The number of allylic oxidation sites excluding steroid dienone is 1. The van der Waals surface area contributed by atoms with E-state index < -0.39 is 0 Å². The van der Waals surface area contributed by atoms with Gasteiger partial charge in [-0.15, -0.1) is 6.58 Å². The Kier molecular flexibility index (Phi) is 6.69. The van der Waals surface area contributed by atoms with Crippen molar-refractivity contribution in [2.75, 3.05) is 6.61 Å². The number of ether oxygens (including phenoxy) is 1. The second-order valence-corrected chi connectivity index (χ2v) is 5.55. The molecule has 1 heteroatoms. The molecule has 105 valence electrons. The minimum atomic E-state index is 0.655. The van der Waals surface area contributed by atoms with Crippen molar-refractivity contribution < 1.29 is 4.74 Å². The first-order valence-electron chi connectivity index (χ1n) is 7.30. The van der Waals surface area contributed by atoms with Gasteiger partial charge in [0.15, 0.2) is 0 Å². The number of unbranched alkanes of at least 4 members (excludes halogenated alkanes) is 1. The minimum Gasteiger partial charge on any atom is -0.494 e. The molecule has 1 nitrogen and oxygen atoms in total. The zero-order valence-corrected chi connectivity index (χ0v) is 12.8. The molecular formula is C18H27O. The van der Waals surface area contributed by atoms with Crippen LogP contribution in [0.1, 0.15) is 51.7 Å². The maximum atomic E-state index is 5.86. The molecule has 0 spiro atoms. The number of rotatable bonds is 8. The molecule has 0 atom stereocenters. The minimum absolute atomic E-state index is 0.655. The third kappa shape index (κ3) is 5.50. The van der Waals surface area contributed by atoms with Gasteiger partial charge in [0.1, 0.15) is 5.75 Å². The van der Waals surface area contributed by atoms with Gasteiger partial charge in [-0.1, -0.05) is 46.3 Å². The summed E-state index contributed by atoms with van der Waals surface area (Å²) >= 11 is 0. The van der Waals surface area contributed by atoms with Gasteiger partial charge >= 0.3 is 0 Å². The summed E-state index contributed by atoms with van der Waals surface area (Å²) in [5.41, 5.74) is 2.57. The summed E-state index contributed by atoms with van der Waals surface area (Å²) < 4.78 is 5.86. The lowest BCUT2D eigenvalue weighted by Gasteiger charge is -2.14. The van der Waals surface area contributed by atoms with Crippen molar-refractivity contribution in [2.24, 2.45) is 5.92 Å². The number of hydrogen-bond donors (Lipinski definition) is 0. The SMILES string of the molecule is C=C[C](C)c1cc(CC(C)C)cc(OCCCC)c1. The van der Waals surface area contributed by atoms with Crippen LogP contribution in [0.5, 0.6) is 5.75 Å². The van der Waals surface area contributed by atoms with E-state index in [0.29, 0.717) is 5.92 Å². The average molecular weight is 259 g/mol. The highest BCUT2D eigenvalue weighted by Gasteiger charge is 2.08. The van der Waals surface area contributed by atoms with Gasteiger partial charge in [0.25, 0.3) is 0 Å². The first kappa shape index (κ1) is 15.8. The molecule has 0 N–H and O–H groups in total. The van der Waals surface area contributed by atoms with E-state index in [0.717, 1.165) is 31.6 Å². The van der Waals surface area contributed by atoms with E-state index in [2.05, 4.69) is 52.5 Å². The molecule has 0 aliphatic heterocycles. The molecule has 0 fully saturated rings. The predicted octanol–water partition coefficient (Wildman–Crippen LogP) is 5.19. The van der Waals surface area contributed by atoms with Crippen molar-refractivity contribution >= 4 is 0 Å². The quantitative estimate of drug-likeness (QED) is 0.584. The van der Waals surface area contributed by atoms with E-state index in [1.165, 1.54) is 17.0 Å². The monoisotopic (exact) mass is 259 g/mol. The summed E-state index contributed by atoms with van der Waals surface area (Å²) in [5.74, 6) is 2.84. The van der Waals surface area contributed by atoms with E-state index in [1.807, 2.05) is 6.08 Å². The first-order chi connectivity index (χ1) is 9.06. The van der Waals surface area contributed by atoms with Gasteiger partial charge in [0, 0.05) is 5.92 Å². The van der Waals surface area contributed by atoms with Crippen LogP contribution in [0, 0.1) is 11.8 Å². The molecule has 0 aliphatic rings. The zero-order chi connectivity index (χ0) is 14.3. The summed E-state index contributed by atoms with van der Waals surface area (Å²) in [7, 11) is 0. The van der Waals surface area contributed by atoms with Crippen molar-refractivity contribution in [3.05, 3.63) is 47.9 Å². The van der Waals surface area contributed by atoms with Gasteiger partial charge in [0.05, 0.1) is 6.61 Å². The molecule has 0 saturated carbocycles. The van der Waals surface area contributed by atoms with Gasteiger partial charge < -0.3 is 4.74 Å². The summed E-state index contributed by atoms with van der Waals surface area (Å²) in [6.07, 6.45) is 5.26. The summed E-state index contributed by atoms with van der Waals surface area (Å²) in [4.78, 5) is 0. The van der Waals surface area contributed by atoms with E-state index in [9.17, 15) is 0 Å². The van der Waals surface area contributed by atoms with Crippen LogP contribution in [0.3, 0.4) is 0 Å². The van der Waals surface area contributed by atoms with E-state index in [1.54, 1.807) is 0 Å². The maximum Gasteiger partial charge on any atom is 0.119 e. The molecule has 0 aliphatic carbocycles. The highest BCUT2D eigenvalue weighted by atomic mass is 16.5. The molecule has 1 aromatic rings. The fourth-order valence-electron chi connectivity index (χ4n) is 2.01. The smallest absolute Gasteiger partial charge is 0.119 e. The topological polar surface area (TPSA) is 9.23 Å². The Hall–Kier alpha value is -1.24. The van der Waals surface area contributed by atoms with Crippen molar-refractivity contribution in [3.63, 3.8) is 0 Å². The van der Waals surface area contributed by atoms with Crippen molar-refractivity contribution in [2.45, 2.75) is 47.0 Å². The largest absolute Gasteiger partial charge is 0.494 e. The maximum absolute atomic E-state index is 5.86. The van der Waals surface area contributed by atoms with Gasteiger partial charge in [-0.3, -0.25) is 0 Å². The van der Waals surface area contributed by atoms with Crippen LogP contribution in [0.25, 0.3) is 0 Å². The fourth-order valence-corrected chi connectivity index (χ4v) is 2.01. The lowest BCUT2D eigenvalue weighted by molar-refractivity contribution is 0.309. The Balaban J connectivity index is 2.91. The molecule has 0 bridgehead atoms. The van der Waals surface area contributed by atoms with Crippen LogP contribution in [0.15, 0.2) is 30.9 Å². The molecule has 19 heavy (non-hydrogen) atoms. The van der Waals surface area contributed by atoms with E-state index >= 15 is 0 Å². The molecular weight excluding hydrogens is 232 g/mol. The third-order valence-electron chi connectivity index (χ3n) is 3.14. The van der Waals surface area contributed by atoms with E-state index in [-0.39, 0.29) is 0 Å². The molecule has 1 radical (unpaired) electrons. The summed E-state index contributed by atoms with van der Waals surface area (Å²) in [5, 5.41) is 0. The zero-order valence-electron chi connectivity index (χ0n) is 12.8. The molecule has 0 saturated heterocycles. The predicted molar refractivity (Wildman–Crippen MR) is 83.6 cm³/mol. The Morgan fingerprint density at radius 2 is 2.05 bits per heavy atom. The Labute approximate surface area is 118 Å². The molecule has 0 unspecified atom stereocenters. The Morgan fingerprint density at radius 3 is 2.63 bits per heavy atom. The second-order valence-electron chi connectivity index (χ2n) is 5.55. The van der Waals surface area contributed by atoms with Gasteiger partial charge in [-0.05, 0) is 42.0 Å². The summed E-state index contributed by atoms with van der Waals surface area (Å²) in [6.45, 7) is 13.4. The van der Waals surface area contributed by atoms with Gasteiger partial charge in [-0.25, -0.2) is 0 Å². The van der Waals surface area contributed by atoms with Crippen molar-refractivity contribution in [3.8, 4) is 5.75 Å². The van der Waals surface area contributed by atoms with Crippen LogP contribution >= 0.6 is 0 Å². The first-order valence-corrected chi connectivity index (χ1v) is 7.30. The van der Waals surface area contributed by atoms with Crippen LogP contribution in [-0.4, -0.2) is 6.61 Å². The Bertz CT molecular complexity index is 393. The third-order valence-corrected chi connectivity index (χ3v) is 3.14. The van der Waals surface area contributed by atoms with E-state index in [4.69, 9.17) is 4.74 Å². The van der Waals surface area contributed by atoms with Gasteiger partial charge in [0.2, 0.25) is 0 Å². The van der Waals surface area contributed by atoms with Crippen LogP contribution < -0.4 is 4.74 Å². The van der Waals surface area contributed by atoms with Gasteiger partial charge in [-0.2, -0.15) is 0 Å². The number of benzene rings is 1. The second kappa shape index (κ2) is 8.04. The van der Waals surface area contributed by atoms with Crippen LogP contribution in [-0.2, 0) is 6.42 Å². The number of hydrogen-bond acceptors (Lipinski definition) is 1. The highest BCUT2D eigenvalue weighted by molar-refractivity contribution is 5.43. The average Bonchev–Trinajstić information content (AvgIpc) is 2.37. The standard InChI is InChI=1S/C18H27O/c1-6-8-9-19-18-12-16(10-14(3)4)11-17(13-18)15(5)7-2/h7,11-14H,2,6,8-10H2,1,3-5H3. The van der Waals surface area contributed by atoms with Crippen molar-refractivity contribution in [1.82, 2.24) is 0 Å². The molecule has 1 aromatic carbocycles. The fraction of sp³-hybridized carbons (Fsp3) is 0.500. The molecule has 0 heterocycles. The normalized spacial score (nSPS) is 11.1. The lowest BCUT2D eigenvalue weighted by atomic mass is 9.95. The van der Waals surface area contributed by atoms with Crippen LogP contribution in [0.2, 0.25) is 0 Å². The summed E-state index contributed by atoms with van der Waals surface area (Å²) in [6, 6.07) is 6.55. The molecule has 0 amide bonds.